The Labute approximate surface area is 404 Å². The predicted octanol–water partition coefficient (Wildman–Crippen LogP) is 8.23. The van der Waals surface area contributed by atoms with Gasteiger partial charge < -0.3 is 35.4 Å². The van der Waals surface area contributed by atoms with Crippen LogP contribution < -0.4 is 20.1 Å². The second-order valence-corrected chi connectivity index (χ2v) is 18.7. The van der Waals surface area contributed by atoms with Crippen LogP contribution in [-0.4, -0.2) is 75.7 Å². The Morgan fingerprint density at radius 1 is 0.957 bits per heavy atom. The quantitative estimate of drug-likeness (QED) is 0.0153. The number of benzene rings is 5. The summed E-state index contributed by atoms with van der Waals surface area (Å²) in [5.41, 5.74) is 8.68. The van der Waals surface area contributed by atoms with Gasteiger partial charge in [0.25, 0.3) is 5.91 Å². The normalized spacial score (nSPS) is 17.1. The van der Waals surface area contributed by atoms with Gasteiger partial charge in [0, 0.05) is 45.1 Å². The zero-order chi connectivity index (χ0) is 47.8. The van der Waals surface area contributed by atoms with E-state index in [0.29, 0.717) is 33.6 Å². The summed E-state index contributed by atoms with van der Waals surface area (Å²) >= 11 is 3.34. The number of ether oxygens (including phenoxy) is 2. The van der Waals surface area contributed by atoms with Crippen LogP contribution in [0.2, 0.25) is 0 Å². The molecule has 0 saturated carbocycles. The van der Waals surface area contributed by atoms with E-state index in [2.05, 4.69) is 15.1 Å². The van der Waals surface area contributed by atoms with Gasteiger partial charge in [-0.05, 0) is 35.9 Å². The largest absolute Gasteiger partial charge is 0.504 e. The number of carboxylic acids is 1. The number of carbonyl (C=O) groups excluding carboxylic acids is 2. The third kappa shape index (κ3) is 8.42. The average Bonchev–Trinajstić information content (AvgIpc) is 3.99. The van der Waals surface area contributed by atoms with Gasteiger partial charge in [-0.25, -0.2) is 24.1 Å². The minimum atomic E-state index is -1.48. The summed E-state index contributed by atoms with van der Waals surface area (Å²) in [7, 11) is 0. The molecule has 2 aromatic heterocycles. The van der Waals surface area contributed by atoms with Gasteiger partial charge in [-0.15, -0.1) is 23.1 Å². The molecule has 5 N–H and O–H groups in total. The smallest absolute Gasteiger partial charge is 0.352 e. The van der Waals surface area contributed by atoms with Crippen LogP contribution in [0.5, 0.6) is 23.0 Å². The van der Waals surface area contributed by atoms with E-state index in [1.165, 1.54) is 57.4 Å². The van der Waals surface area contributed by atoms with Crippen LogP contribution in [0.25, 0.3) is 22.5 Å². The molecule has 2 amide bonds. The highest BCUT2D eigenvalue weighted by atomic mass is 32.2. The van der Waals surface area contributed by atoms with Gasteiger partial charge >= 0.3 is 11.8 Å². The molecular weight excluding hydrogens is 946 g/mol. The number of aromatic hydroxyl groups is 2. The number of aromatic nitrogens is 3. The molecule has 0 radical (unpaired) electrons. The summed E-state index contributed by atoms with van der Waals surface area (Å²) in [5, 5.41) is 34.6. The first-order chi connectivity index (χ1) is 33.5. The summed E-state index contributed by atoms with van der Waals surface area (Å²) in [6.45, 7) is -0.442. The van der Waals surface area contributed by atoms with Crippen LogP contribution >= 0.6 is 34.9 Å². The first-order valence-corrected chi connectivity index (χ1v) is 23.8. The molecule has 69 heavy (non-hydrogen) atoms. The van der Waals surface area contributed by atoms with Crippen molar-refractivity contribution in [3.8, 4) is 45.5 Å². The van der Waals surface area contributed by atoms with Crippen molar-refractivity contribution >= 4 is 69.8 Å². The number of amides is 2. The zero-order valence-corrected chi connectivity index (χ0v) is 38.1. The molecule has 0 bridgehead atoms. The number of hydrogen-bond acceptors (Lipinski definition) is 16. The Morgan fingerprint density at radius 2 is 1.67 bits per heavy atom. The fourth-order valence-electron chi connectivity index (χ4n) is 8.08. The van der Waals surface area contributed by atoms with Crippen molar-refractivity contribution < 1.29 is 48.4 Å². The van der Waals surface area contributed by atoms with E-state index in [-0.39, 0.29) is 50.2 Å². The van der Waals surface area contributed by atoms with E-state index in [0.717, 1.165) is 29.3 Å². The molecule has 20 heteroatoms. The van der Waals surface area contributed by atoms with E-state index in [1.807, 2.05) is 91.0 Å². The van der Waals surface area contributed by atoms with Crippen LogP contribution in [0.15, 0.2) is 155 Å². The third-order valence-corrected chi connectivity index (χ3v) is 14.5. The second kappa shape index (κ2) is 18.6. The van der Waals surface area contributed by atoms with Crippen LogP contribution in [0, 0.1) is 11.7 Å². The van der Waals surface area contributed by atoms with E-state index in [9.17, 15) is 29.7 Å². The summed E-state index contributed by atoms with van der Waals surface area (Å²) in [5.74, 6) is -6.17. The summed E-state index contributed by atoms with van der Waals surface area (Å²) in [6, 6.07) is 34.6. The van der Waals surface area contributed by atoms with Gasteiger partial charge in [-0.3, -0.25) is 19.4 Å². The lowest BCUT2D eigenvalue weighted by Gasteiger charge is -2.52. The Balaban J connectivity index is 0.990. The van der Waals surface area contributed by atoms with Gasteiger partial charge in [0.2, 0.25) is 11.7 Å². The maximum atomic E-state index is 16.4. The molecule has 7 aromatic rings. The number of nitrogens with zero attached hydrogens (tertiary/aromatic N) is 6. The molecule has 10 rings (SSSR count). The number of oxime groups is 1. The number of anilines is 2. The number of phenols is 2. The first-order valence-electron chi connectivity index (χ1n) is 21.0. The van der Waals surface area contributed by atoms with Gasteiger partial charge in [0.1, 0.15) is 34.7 Å². The highest BCUT2D eigenvalue weighted by Crippen LogP contribution is 2.51. The zero-order valence-electron chi connectivity index (χ0n) is 35.7. The van der Waals surface area contributed by atoms with Crippen molar-refractivity contribution in [2.75, 3.05) is 16.4 Å². The van der Waals surface area contributed by atoms with E-state index >= 15 is 4.39 Å². The Bertz CT molecular complexity index is 3140. The van der Waals surface area contributed by atoms with Crippen molar-refractivity contribution in [3.63, 3.8) is 0 Å². The fraction of sp³-hybridized carbons (Fsp3) is 0.122. The monoisotopic (exact) mass is 981 g/mol. The van der Waals surface area contributed by atoms with Crippen LogP contribution in [0.4, 0.5) is 15.3 Å². The van der Waals surface area contributed by atoms with Crippen LogP contribution in [0.1, 0.15) is 16.7 Å². The molecule has 1 unspecified atom stereocenters. The molecule has 3 atom stereocenters. The van der Waals surface area contributed by atoms with Gasteiger partial charge in [-0.1, -0.05) is 114 Å². The Hall–Kier alpha value is -7.94. The number of halogens is 1. The van der Waals surface area contributed by atoms with Gasteiger partial charge in [0.05, 0.1) is 11.3 Å². The minimum absolute atomic E-state index is 0.0378. The highest BCUT2D eigenvalue weighted by molar-refractivity contribution is 8.01. The van der Waals surface area contributed by atoms with Crippen LogP contribution in [-0.2, 0) is 31.6 Å². The topological polar surface area (TPSA) is 223 Å². The van der Waals surface area contributed by atoms with Crippen molar-refractivity contribution in [1.82, 2.24) is 19.9 Å². The van der Waals surface area contributed by atoms with Gasteiger partial charge in [-0.2, -0.15) is 0 Å². The number of rotatable bonds is 14. The van der Waals surface area contributed by atoms with Crippen molar-refractivity contribution in [2.24, 2.45) is 11.1 Å². The molecule has 5 aromatic carbocycles. The third-order valence-electron chi connectivity index (χ3n) is 11.4. The number of phenolic OH excluding ortho intramolecular Hbond substituents is 2. The standard InChI is InChI=1S/C49H36FN7O9S3/c50-40-29(17-19-36-41(40)66-49(65-36,30-12-6-2-7-13-30)31-14-8-3-9-15-31)25-64-53-24-38(60)57(37-26-68-48(51)54-37)46(39-44(61)56-33(47(62)63)20-21-67-45(39)56)69-43-32(28-16-18-34(58)35(59)22-28)23-52-42(55-43)27-10-4-1-5-11-27/h1-20,22-24,26,39,45-46,58-59H,21,25H2,(H2,51,54)(H,62,63)/t39-,45-,46?/m1/s1. The predicted molar refractivity (Wildman–Crippen MR) is 257 cm³/mol. The number of nitrogens with two attached hydrogens (primary N) is 1. The van der Waals surface area contributed by atoms with Crippen molar-refractivity contribution in [3.05, 3.63) is 167 Å². The molecule has 1 saturated heterocycles. The fourth-order valence-corrected chi connectivity index (χ4v) is 11.4. The molecule has 1 fully saturated rings. The van der Waals surface area contributed by atoms with Crippen molar-refractivity contribution in [2.45, 2.75) is 28.2 Å². The number of fused-ring (bicyclic) bond motifs is 2. The van der Waals surface area contributed by atoms with Crippen LogP contribution in [0.3, 0.4) is 0 Å². The minimum Gasteiger partial charge on any atom is -0.504 e. The molecule has 3 aliphatic rings. The summed E-state index contributed by atoms with van der Waals surface area (Å²) < 4.78 is 29.1. The first kappa shape index (κ1) is 44.9. The lowest BCUT2D eigenvalue weighted by Crippen LogP contribution is -2.66. The summed E-state index contributed by atoms with van der Waals surface area (Å²) in [4.78, 5) is 63.4. The number of carbonyl (C=O) groups is 3. The number of carboxylic acid groups (broad SMARTS) is 1. The van der Waals surface area contributed by atoms with E-state index in [1.54, 1.807) is 12.1 Å². The second-order valence-electron chi connectivity index (χ2n) is 15.5. The Kier molecular flexibility index (Phi) is 12.1. The number of thiazole rings is 1. The molecule has 16 nitrogen and oxygen atoms in total. The SMILES string of the molecule is Nc1nc(N(C(=O)C=NOCc2ccc3c(c2F)OC(c2ccccc2)(c2ccccc2)O3)C(Sc2nc(-c3ccccc3)ncc2-c2ccc(O)c(O)c2)[C@@H]2C(=O)N3C(C(=O)O)=CCS[C@H]23)cs1. The van der Waals surface area contributed by atoms with Crippen molar-refractivity contribution in [1.29, 1.82) is 0 Å². The average molecular weight is 982 g/mol. The number of thioether (sulfide) groups is 2. The van der Waals surface area contributed by atoms with E-state index < -0.39 is 58.4 Å². The molecule has 0 spiro atoms. The summed E-state index contributed by atoms with van der Waals surface area (Å²) in [6.07, 6.45) is 3.83. The number of aliphatic carboxylic acids is 1. The molecule has 3 aliphatic heterocycles. The van der Waals surface area contributed by atoms with Gasteiger partial charge in [0.15, 0.2) is 34.0 Å². The molecular formula is C49H36FN7O9S3. The molecule has 346 valence electrons. The van der Waals surface area contributed by atoms with E-state index in [4.69, 9.17) is 25.0 Å². The number of nitrogen functional groups attached to an aromatic ring is 1. The maximum absolute atomic E-state index is 16.4. The maximum Gasteiger partial charge on any atom is 0.352 e. The molecule has 0 aliphatic carbocycles. The highest BCUT2D eigenvalue weighted by Gasteiger charge is 2.58. The lowest BCUT2D eigenvalue weighted by atomic mass is 9.95. The number of β-lactam (4-membered cyclic amide) rings is 1. The number of hydrogen-bond donors (Lipinski definition) is 4. The Morgan fingerprint density at radius 3 is 2.33 bits per heavy atom. The molecule has 5 heterocycles. The lowest BCUT2D eigenvalue weighted by molar-refractivity contribution is -0.152.